The highest BCUT2D eigenvalue weighted by Gasteiger charge is 2.13. The van der Waals surface area contributed by atoms with Crippen LogP contribution in [0.4, 0.5) is 8.78 Å². The number of hydrogen-bond donors (Lipinski definition) is 0. The number of hydrogen-bond acceptors (Lipinski definition) is 1. The first kappa shape index (κ1) is 20.0. The van der Waals surface area contributed by atoms with E-state index in [1.807, 2.05) is 31.2 Å². The Bertz CT molecular complexity index is 754. The topological polar surface area (TPSA) is 9.23 Å². The van der Waals surface area contributed by atoms with Crippen LogP contribution in [0.5, 0.6) is 5.75 Å². The lowest BCUT2D eigenvalue weighted by Gasteiger charge is -2.07. The molecule has 26 heavy (non-hydrogen) atoms. The standard InChI is InChI=1S/C23H26F2O/c1-3-5-7-8-18-9-11-19(12-10-18)13-14-20-15-16-21(23(25)22(20)24)26-17-6-4-2/h9-12,15-16H,3-8,17H2,1-2H3. The second kappa shape index (κ2) is 10.6. The third-order valence-electron chi connectivity index (χ3n) is 4.17. The van der Waals surface area contributed by atoms with E-state index < -0.39 is 11.6 Å². The SMILES string of the molecule is CCCCCc1ccc(C#Cc2ccc(OCCCC)c(F)c2F)cc1. The van der Waals surface area contributed by atoms with Crippen LogP contribution in [-0.4, -0.2) is 6.61 Å². The maximum absolute atomic E-state index is 14.2. The van der Waals surface area contributed by atoms with Crippen LogP contribution in [0.15, 0.2) is 36.4 Å². The number of aryl methyl sites for hydroxylation is 1. The van der Waals surface area contributed by atoms with Crippen LogP contribution in [0.3, 0.4) is 0 Å². The molecule has 0 atom stereocenters. The first-order chi connectivity index (χ1) is 12.7. The largest absolute Gasteiger partial charge is 0.490 e. The molecule has 0 radical (unpaired) electrons. The molecular formula is C23H26F2O. The molecule has 0 bridgehead atoms. The number of ether oxygens (including phenoxy) is 1. The van der Waals surface area contributed by atoms with Crippen molar-refractivity contribution in [2.45, 2.75) is 52.4 Å². The van der Waals surface area contributed by atoms with Gasteiger partial charge in [-0.1, -0.05) is 57.1 Å². The Balaban J connectivity index is 2.06. The molecule has 0 saturated carbocycles. The van der Waals surface area contributed by atoms with Crippen LogP contribution >= 0.6 is 0 Å². The van der Waals surface area contributed by atoms with E-state index in [-0.39, 0.29) is 11.3 Å². The van der Waals surface area contributed by atoms with E-state index in [9.17, 15) is 8.78 Å². The van der Waals surface area contributed by atoms with E-state index >= 15 is 0 Å². The Labute approximate surface area is 155 Å². The minimum absolute atomic E-state index is 0.0392. The fraction of sp³-hybridized carbons (Fsp3) is 0.391. The molecule has 0 fully saturated rings. The molecule has 0 heterocycles. The molecule has 2 rings (SSSR count). The van der Waals surface area contributed by atoms with Gasteiger partial charge in [0.1, 0.15) is 0 Å². The van der Waals surface area contributed by atoms with Gasteiger partial charge in [-0.2, -0.15) is 4.39 Å². The molecule has 0 aromatic heterocycles. The molecular weight excluding hydrogens is 330 g/mol. The molecule has 0 N–H and O–H groups in total. The summed E-state index contributed by atoms with van der Waals surface area (Å²) in [4.78, 5) is 0. The third kappa shape index (κ3) is 5.88. The maximum atomic E-state index is 14.2. The molecule has 0 saturated heterocycles. The van der Waals surface area contributed by atoms with Crippen LogP contribution in [0, 0.1) is 23.5 Å². The van der Waals surface area contributed by atoms with Crippen molar-refractivity contribution in [3.63, 3.8) is 0 Å². The van der Waals surface area contributed by atoms with Gasteiger partial charge in [-0.05, 0) is 49.1 Å². The summed E-state index contributed by atoms with van der Waals surface area (Å²) < 4.78 is 33.5. The van der Waals surface area contributed by atoms with E-state index in [2.05, 4.69) is 18.8 Å². The average Bonchev–Trinajstić information content (AvgIpc) is 2.66. The van der Waals surface area contributed by atoms with Gasteiger partial charge in [0.25, 0.3) is 0 Å². The Hall–Kier alpha value is -2.34. The zero-order valence-electron chi connectivity index (χ0n) is 15.6. The fourth-order valence-electron chi connectivity index (χ4n) is 2.54. The van der Waals surface area contributed by atoms with Gasteiger partial charge in [0.2, 0.25) is 5.82 Å². The summed E-state index contributed by atoms with van der Waals surface area (Å²) in [6, 6.07) is 10.8. The molecule has 138 valence electrons. The summed E-state index contributed by atoms with van der Waals surface area (Å²) in [6.45, 7) is 4.57. The Kier molecular flexibility index (Phi) is 8.15. The molecule has 1 nitrogen and oxygen atoms in total. The summed E-state index contributed by atoms with van der Waals surface area (Å²) in [6.07, 6.45) is 6.40. The molecule has 2 aromatic rings. The highest BCUT2D eigenvalue weighted by atomic mass is 19.2. The van der Waals surface area contributed by atoms with E-state index in [1.54, 1.807) is 0 Å². The smallest absolute Gasteiger partial charge is 0.201 e. The number of halogens is 2. The minimum Gasteiger partial charge on any atom is -0.490 e. The van der Waals surface area contributed by atoms with Crippen molar-refractivity contribution in [3.05, 3.63) is 64.7 Å². The van der Waals surface area contributed by atoms with Crippen LogP contribution in [0.2, 0.25) is 0 Å². The lowest BCUT2D eigenvalue weighted by atomic mass is 10.1. The predicted octanol–water partition coefficient (Wildman–Crippen LogP) is 6.28. The zero-order chi connectivity index (χ0) is 18.8. The lowest BCUT2D eigenvalue weighted by Crippen LogP contribution is -2.01. The molecule has 0 spiro atoms. The minimum atomic E-state index is -0.973. The summed E-state index contributed by atoms with van der Waals surface area (Å²) in [5, 5.41) is 0. The van der Waals surface area contributed by atoms with E-state index in [1.165, 1.54) is 37.0 Å². The molecule has 2 aromatic carbocycles. The first-order valence-electron chi connectivity index (χ1n) is 9.37. The summed E-state index contributed by atoms with van der Waals surface area (Å²) in [5.74, 6) is 3.63. The molecule has 3 heteroatoms. The van der Waals surface area contributed by atoms with Gasteiger partial charge < -0.3 is 4.74 Å². The van der Waals surface area contributed by atoms with Gasteiger partial charge in [-0.3, -0.25) is 0 Å². The Morgan fingerprint density at radius 3 is 2.23 bits per heavy atom. The monoisotopic (exact) mass is 356 g/mol. The second-order valence-corrected chi connectivity index (χ2v) is 6.35. The van der Waals surface area contributed by atoms with Gasteiger partial charge >= 0.3 is 0 Å². The molecule has 0 aliphatic heterocycles. The van der Waals surface area contributed by atoms with Crippen LogP contribution in [0.25, 0.3) is 0 Å². The van der Waals surface area contributed by atoms with Crippen LogP contribution < -0.4 is 4.74 Å². The summed E-state index contributed by atoms with van der Waals surface area (Å²) >= 11 is 0. The number of rotatable bonds is 8. The molecule has 0 amide bonds. The average molecular weight is 356 g/mol. The van der Waals surface area contributed by atoms with E-state index in [0.717, 1.165) is 24.8 Å². The van der Waals surface area contributed by atoms with Crippen molar-refractivity contribution in [2.75, 3.05) is 6.61 Å². The summed E-state index contributed by atoms with van der Waals surface area (Å²) in [5.41, 5.74) is 2.10. The maximum Gasteiger partial charge on any atom is 0.201 e. The highest BCUT2D eigenvalue weighted by molar-refractivity contribution is 5.46. The number of benzene rings is 2. The van der Waals surface area contributed by atoms with Crippen molar-refractivity contribution < 1.29 is 13.5 Å². The van der Waals surface area contributed by atoms with E-state index in [4.69, 9.17) is 4.74 Å². The first-order valence-corrected chi connectivity index (χ1v) is 9.37. The van der Waals surface area contributed by atoms with Crippen molar-refractivity contribution in [1.29, 1.82) is 0 Å². The third-order valence-corrected chi connectivity index (χ3v) is 4.17. The zero-order valence-corrected chi connectivity index (χ0v) is 15.6. The van der Waals surface area contributed by atoms with Crippen molar-refractivity contribution in [3.8, 4) is 17.6 Å². The molecule has 0 unspecified atom stereocenters. The number of unbranched alkanes of at least 4 members (excludes halogenated alkanes) is 3. The van der Waals surface area contributed by atoms with Crippen molar-refractivity contribution in [2.24, 2.45) is 0 Å². The Morgan fingerprint density at radius 1 is 0.808 bits per heavy atom. The molecule has 0 aliphatic carbocycles. The predicted molar refractivity (Wildman–Crippen MR) is 102 cm³/mol. The van der Waals surface area contributed by atoms with Gasteiger partial charge in [0, 0.05) is 5.56 Å². The second-order valence-electron chi connectivity index (χ2n) is 6.35. The van der Waals surface area contributed by atoms with Gasteiger partial charge in [0.05, 0.1) is 12.2 Å². The Morgan fingerprint density at radius 2 is 1.54 bits per heavy atom. The van der Waals surface area contributed by atoms with E-state index in [0.29, 0.717) is 6.61 Å². The van der Waals surface area contributed by atoms with Gasteiger partial charge in [-0.25, -0.2) is 4.39 Å². The lowest BCUT2D eigenvalue weighted by molar-refractivity contribution is 0.288. The quantitative estimate of drug-likeness (QED) is 0.400. The summed E-state index contributed by atoms with van der Waals surface area (Å²) in [7, 11) is 0. The normalized spacial score (nSPS) is 10.3. The van der Waals surface area contributed by atoms with Crippen LogP contribution in [-0.2, 0) is 6.42 Å². The van der Waals surface area contributed by atoms with Gasteiger partial charge in [0.15, 0.2) is 11.6 Å². The van der Waals surface area contributed by atoms with Crippen molar-refractivity contribution >= 4 is 0 Å². The van der Waals surface area contributed by atoms with Crippen LogP contribution in [0.1, 0.15) is 62.6 Å². The highest BCUT2D eigenvalue weighted by Crippen LogP contribution is 2.22. The molecule has 0 aliphatic rings. The van der Waals surface area contributed by atoms with Crippen molar-refractivity contribution in [1.82, 2.24) is 0 Å². The fourth-order valence-corrected chi connectivity index (χ4v) is 2.54. The van der Waals surface area contributed by atoms with Gasteiger partial charge in [-0.15, -0.1) is 0 Å².